The van der Waals surface area contributed by atoms with Gasteiger partial charge in [0.05, 0.1) is 7.11 Å². The molecule has 0 fully saturated rings. The summed E-state index contributed by atoms with van der Waals surface area (Å²) in [6.07, 6.45) is 1.85. The highest BCUT2D eigenvalue weighted by atomic mass is 16.5. The molecule has 5 heteroatoms. The lowest BCUT2D eigenvalue weighted by molar-refractivity contribution is 0.0588. The van der Waals surface area contributed by atoms with Gasteiger partial charge in [-0.2, -0.15) is 0 Å². The third-order valence-corrected chi connectivity index (χ3v) is 2.39. The van der Waals surface area contributed by atoms with E-state index in [1.165, 1.54) is 7.11 Å². The summed E-state index contributed by atoms with van der Waals surface area (Å²) in [6.45, 7) is 1.42. The molecule has 0 aliphatic heterocycles. The second-order valence-electron chi connectivity index (χ2n) is 3.49. The van der Waals surface area contributed by atoms with Crippen LogP contribution in [0.2, 0.25) is 0 Å². The Kier molecular flexibility index (Phi) is 5.12. The molecule has 1 heterocycles. The van der Waals surface area contributed by atoms with Crippen LogP contribution in [-0.2, 0) is 16.0 Å². The Balaban J connectivity index is 2.63. The van der Waals surface area contributed by atoms with Gasteiger partial charge in [0.2, 0.25) is 0 Å². The molecule has 4 nitrogen and oxygen atoms in total. The topological polar surface area (TPSA) is 40.5 Å². The fraction of sp³-hybridized carbons (Fsp3) is 0.545. The van der Waals surface area contributed by atoms with E-state index in [-0.39, 0.29) is 5.97 Å². The molecule has 1 aromatic heterocycles. The number of aromatic nitrogens is 1. The summed E-state index contributed by atoms with van der Waals surface area (Å²) in [5.41, 5.74) is 1.08. The van der Waals surface area contributed by atoms with Crippen LogP contribution < -0.4 is 5.59 Å². The van der Waals surface area contributed by atoms with Crippen LogP contribution in [0.25, 0.3) is 0 Å². The monoisotopic (exact) mass is 221 g/mol. The zero-order valence-electron chi connectivity index (χ0n) is 9.73. The van der Waals surface area contributed by atoms with Crippen LogP contribution in [0, 0.1) is 0 Å². The van der Waals surface area contributed by atoms with Crippen LogP contribution in [0.15, 0.2) is 12.1 Å². The van der Waals surface area contributed by atoms with Crippen molar-refractivity contribution < 1.29 is 14.3 Å². The van der Waals surface area contributed by atoms with Crippen LogP contribution >= 0.6 is 0 Å². The van der Waals surface area contributed by atoms with Gasteiger partial charge in [0.15, 0.2) is 0 Å². The molecule has 0 saturated carbocycles. The summed E-state index contributed by atoms with van der Waals surface area (Å²) in [6, 6.07) is 3.39. The van der Waals surface area contributed by atoms with Crippen molar-refractivity contribution in [2.75, 3.05) is 20.8 Å². The van der Waals surface area contributed by atoms with Gasteiger partial charge in [0.1, 0.15) is 13.5 Å². The van der Waals surface area contributed by atoms with Crippen LogP contribution in [0.1, 0.15) is 23.3 Å². The van der Waals surface area contributed by atoms with Crippen molar-refractivity contribution in [1.29, 1.82) is 0 Å². The quantitative estimate of drug-likeness (QED) is 0.399. The fourth-order valence-corrected chi connectivity index (χ4v) is 1.53. The zero-order valence-corrected chi connectivity index (χ0v) is 9.73. The zero-order chi connectivity index (χ0) is 12.0. The minimum atomic E-state index is -0.358. The molecule has 1 rings (SSSR count). The molecule has 1 aromatic rings. The Hall–Kier alpha value is -1.23. The SMILES string of the molecule is [B]c1ccc(C(=O)OC)n1CCCCOC. The fourth-order valence-electron chi connectivity index (χ4n) is 1.53. The summed E-state index contributed by atoms with van der Waals surface area (Å²) in [4.78, 5) is 11.4. The van der Waals surface area contributed by atoms with E-state index in [9.17, 15) is 4.79 Å². The number of carbonyl (C=O) groups excluding carboxylic acids is 1. The molecule has 0 aliphatic carbocycles. The van der Waals surface area contributed by atoms with E-state index in [0.717, 1.165) is 12.8 Å². The minimum Gasteiger partial charge on any atom is -0.464 e. The number of ether oxygens (including phenoxy) is 2. The molecule has 0 aliphatic rings. The number of esters is 1. The molecule has 0 saturated heterocycles. The lowest BCUT2D eigenvalue weighted by atomic mass is 10.1. The van der Waals surface area contributed by atoms with E-state index in [2.05, 4.69) is 4.74 Å². The summed E-state index contributed by atoms with van der Waals surface area (Å²) in [5, 5.41) is 0. The summed E-state index contributed by atoms with van der Waals surface area (Å²) >= 11 is 0. The van der Waals surface area contributed by atoms with E-state index in [0.29, 0.717) is 24.4 Å². The highest BCUT2D eigenvalue weighted by molar-refractivity contribution is 6.31. The third kappa shape index (κ3) is 3.13. The minimum absolute atomic E-state index is 0.358. The number of carbonyl (C=O) groups is 1. The Morgan fingerprint density at radius 2 is 2.12 bits per heavy atom. The maximum absolute atomic E-state index is 11.4. The second kappa shape index (κ2) is 6.38. The first-order valence-electron chi connectivity index (χ1n) is 5.23. The van der Waals surface area contributed by atoms with E-state index < -0.39 is 0 Å². The summed E-state index contributed by atoms with van der Waals surface area (Å²) in [5.74, 6) is -0.358. The van der Waals surface area contributed by atoms with Crippen molar-refractivity contribution in [1.82, 2.24) is 4.57 Å². The molecule has 0 atom stereocenters. The molecule has 86 valence electrons. The molecule has 0 spiro atoms. The van der Waals surface area contributed by atoms with Gasteiger partial charge < -0.3 is 14.0 Å². The van der Waals surface area contributed by atoms with Gasteiger partial charge in [0.25, 0.3) is 0 Å². The van der Waals surface area contributed by atoms with Crippen molar-refractivity contribution >= 4 is 19.4 Å². The summed E-state index contributed by atoms with van der Waals surface area (Å²) < 4.78 is 11.4. The molecule has 0 unspecified atom stereocenters. The van der Waals surface area contributed by atoms with E-state index in [4.69, 9.17) is 12.6 Å². The maximum Gasteiger partial charge on any atom is 0.354 e. The van der Waals surface area contributed by atoms with Crippen molar-refractivity contribution in [3.8, 4) is 0 Å². The molecule has 0 bridgehead atoms. The number of unbranched alkanes of at least 4 members (excludes halogenated alkanes) is 1. The molecule has 0 amide bonds. The number of hydrogen-bond acceptors (Lipinski definition) is 3. The van der Waals surface area contributed by atoms with E-state index >= 15 is 0 Å². The van der Waals surface area contributed by atoms with Crippen LogP contribution in [-0.4, -0.2) is 39.2 Å². The predicted octanol–water partition coefficient (Wildman–Crippen LogP) is 0.495. The highest BCUT2D eigenvalue weighted by Gasteiger charge is 2.12. The standard InChI is InChI=1S/C11H16BNO3/c1-15-8-4-3-7-13-9(11(14)16-2)5-6-10(13)12/h5-6H,3-4,7-8H2,1-2H3. The third-order valence-electron chi connectivity index (χ3n) is 2.39. The Morgan fingerprint density at radius 3 is 2.75 bits per heavy atom. The van der Waals surface area contributed by atoms with Gasteiger partial charge in [-0.1, -0.05) is 6.07 Å². The predicted molar refractivity (Wildman–Crippen MR) is 62.3 cm³/mol. The Morgan fingerprint density at radius 1 is 1.38 bits per heavy atom. The van der Waals surface area contributed by atoms with Crippen molar-refractivity contribution in [3.05, 3.63) is 17.8 Å². The lowest BCUT2D eigenvalue weighted by Gasteiger charge is -2.10. The van der Waals surface area contributed by atoms with Gasteiger partial charge >= 0.3 is 5.97 Å². The van der Waals surface area contributed by atoms with Crippen LogP contribution in [0.3, 0.4) is 0 Å². The molecular formula is C11H16BNO3. The van der Waals surface area contributed by atoms with Crippen LogP contribution in [0.4, 0.5) is 0 Å². The largest absolute Gasteiger partial charge is 0.464 e. The van der Waals surface area contributed by atoms with Gasteiger partial charge in [-0.15, -0.1) is 0 Å². The molecule has 2 radical (unpaired) electrons. The van der Waals surface area contributed by atoms with Gasteiger partial charge in [-0.3, -0.25) is 0 Å². The smallest absolute Gasteiger partial charge is 0.354 e. The molecule has 0 aromatic carbocycles. The van der Waals surface area contributed by atoms with E-state index in [1.54, 1.807) is 23.8 Å². The average molecular weight is 221 g/mol. The molecule has 16 heavy (non-hydrogen) atoms. The van der Waals surface area contributed by atoms with Gasteiger partial charge in [0, 0.05) is 20.3 Å². The first-order chi connectivity index (χ1) is 7.70. The average Bonchev–Trinajstić information content (AvgIpc) is 2.65. The summed E-state index contributed by atoms with van der Waals surface area (Å²) in [7, 11) is 8.80. The first-order valence-corrected chi connectivity index (χ1v) is 5.23. The number of hydrogen-bond donors (Lipinski definition) is 0. The highest BCUT2D eigenvalue weighted by Crippen LogP contribution is 2.04. The normalized spacial score (nSPS) is 10.4. The van der Waals surface area contributed by atoms with Gasteiger partial charge in [-0.25, -0.2) is 4.79 Å². The van der Waals surface area contributed by atoms with Crippen molar-refractivity contribution in [2.45, 2.75) is 19.4 Å². The number of rotatable bonds is 6. The maximum atomic E-state index is 11.4. The van der Waals surface area contributed by atoms with Crippen LogP contribution in [0.5, 0.6) is 0 Å². The number of nitrogens with zero attached hydrogens (tertiary/aromatic N) is 1. The Bertz CT molecular complexity index is 349. The van der Waals surface area contributed by atoms with Crippen molar-refractivity contribution in [3.63, 3.8) is 0 Å². The molecular weight excluding hydrogens is 205 g/mol. The van der Waals surface area contributed by atoms with E-state index in [1.807, 2.05) is 0 Å². The lowest BCUT2D eigenvalue weighted by Crippen LogP contribution is -2.22. The second-order valence-corrected chi connectivity index (χ2v) is 3.49. The molecule has 0 N–H and O–H groups in total. The Labute approximate surface area is 96.9 Å². The first kappa shape index (κ1) is 12.8. The van der Waals surface area contributed by atoms with Gasteiger partial charge in [-0.05, 0) is 24.5 Å². The number of methoxy groups -OCH3 is 2. The van der Waals surface area contributed by atoms with Crippen molar-refractivity contribution in [2.24, 2.45) is 0 Å².